The van der Waals surface area contributed by atoms with Crippen LogP contribution in [-0.4, -0.2) is 48.4 Å². The number of hydrogen-bond donors (Lipinski definition) is 2. The third kappa shape index (κ3) is 3.98. The second-order valence-corrected chi connectivity index (χ2v) is 5.30. The molecule has 0 radical (unpaired) electrons. The van der Waals surface area contributed by atoms with E-state index in [1.807, 2.05) is 11.8 Å². The lowest BCUT2D eigenvalue weighted by Crippen LogP contribution is -2.44. The molecule has 5 heteroatoms. The van der Waals surface area contributed by atoms with Crippen molar-refractivity contribution in [3.8, 4) is 0 Å². The maximum absolute atomic E-state index is 11.8. The third-order valence-corrected chi connectivity index (χ3v) is 3.57. The summed E-state index contributed by atoms with van der Waals surface area (Å²) in [5.41, 5.74) is 0. The molecule has 1 unspecified atom stereocenters. The Labute approximate surface area is 108 Å². The van der Waals surface area contributed by atoms with E-state index in [4.69, 9.17) is 0 Å². The van der Waals surface area contributed by atoms with E-state index < -0.39 is 0 Å². The predicted octanol–water partition coefficient (Wildman–Crippen LogP) is 0.256. The Bertz CT molecular complexity index is 309. The van der Waals surface area contributed by atoms with Gasteiger partial charge in [-0.25, -0.2) is 0 Å². The molecule has 1 saturated carbocycles. The number of rotatable bonds is 6. The van der Waals surface area contributed by atoms with Crippen LogP contribution < -0.4 is 10.6 Å². The van der Waals surface area contributed by atoms with Crippen molar-refractivity contribution in [1.82, 2.24) is 15.5 Å². The number of likely N-dealkylation sites (tertiary alicyclic amines) is 1. The molecule has 1 atom stereocenters. The fraction of sp³-hybridized carbons (Fsp3) is 0.846. The average Bonchev–Trinajstić information content (AvgIpc) is 2.98. The average molecular weight is 253 g/mol. The van der Waals surface area contributed by atoms with E-state index >= 15 is 0 Å². The van der Waals surface area contributed by atoms with Gasteiger partial charge in [-0.1, -0.05) is 0 Å². The summed E-state index contributed by atoms with van der Waals surface area (Å²) in [7, 11) is 0. The molecule has 0 aromatic rings. The zero-order chi connectivity index (χ0) is 13.0. The molecule has 1 aliphatic carbocycles. The summed E-state index contributed by atoms with van der Waals surface area (Å²) in [6.07, 6.45) is 4.94. The Morgan fingerprint density at radius 1 is 1.28 bits per heavy atom. The Morgan fingerprint density at radius 3 is 2.56 bits per heavy atom. The van der Waals surface area contributed by atoms with Gasteiger partial charge in [-0.15, -0.1) is 0 Å². The standard InChI is InChI=1S/C13H23N3O2/c1-10(13(18)15-11-4-5-11)14-7-6-12(17)16-8-2-3-9-16/h10-11,14H,2-9H2,1H3,(H,15,18). The van der Waals surface area contributed by atoms with E-state index in [2.05, 4.69) is 10.6 Å². The summed E-state index contributed by atoms with van der Waals surface area (Å²) < 4.78 is 0. The second kappa shape index (κ2) is 6.18. The van der Waals surface area contributed by atoms with Gasteiger partial charge in [-0.05, 0) is 32.6 Å². The van der Waals surface area contributed by atoms with Crippen molar-refractivity contribution in [3.63, 3.8) is 0 Å². The number of carbonyl (C=O) groups excluding carboxylic acids is 2. The van der Waals surface area contributed by atoms with Gasteiger partial charge >= 0.3 is 0 Å². The fourth-order valence-electron chi connectivity index (χ4n) is 2.17. The number of hydrogen-bond acceptors (Lipinski definition) is 3. The minimum Gasteiger partial charge on any atom is -0.352 e. The lowest BCUT2D eigenvalue weighted by atomic mass is 10.3. The normalized spacial score (nSPS) is 20.8. The number of nitrogens with zero attached hydrogens (tertiary/aromatic N) is 1. The van der Waals surface area contributed by atoms with Crippen LogP contribution in [0.5, 0.6) is 0 Å². The van der Waals surface area contributed by atoms with Crippen LogP contribution in [0.4, 0.5) is 0 Å². The molecule has 102 valence electrons. The van der Waals surface area contributed by atoms with E-state index in [1.54, 1.807) is 0 Å². The van der Waals surface area contributed by atoms with E-state index in [1.165, 1.54) is 0 Å². The lowest BCUT2D eigenvalue weighted by Gasteiger charge is -2.17. The van der Waals surface area contributed by atoms with Crippen LogP contribution in [0.25, 0.3) is 0 Å². The fourth-order valence-corrected chi connectivity index (χ4v) is 2.17. The van der Waals surface area contributed by atoms with Crippen molar-refractivity contribution in [3.05, 3.63) is 0 Å². The summed E-state index contributed by atoms with van der Waals surface area (Å²) in [5.74, 6) is 0.251. The summed E-state index contributed by atoms with van der Waals surface area (Å²) >= 11 is 0. The molecule has 2 N–H and O–H groups in total. The zero-order valence-electron chi connectivity index (χ0n) is 11.1. The van der Waals surface area contributed by atoms with Crippen LogP contribution in [0.1, 0.15) is 39.0 Å². The topological polar surface area (TPSA) is 61.4 Å². The van der Waals surface area contributed by atoms with Crippen LogP contribution in [-0.2, 0) is 9.59 Å². The quantitative estimate of drug-likeness (QED) is 0.713. The molecule has 5 nitrogen and oxygen atoms in total. The predicted molar refractivity (Wildman–Crippen MR) is 69.1 cm³/mol. The zero-order valence-corrected chi connectivity index (χ0v) is 11.1. The van der Waals surface area contributed by atoms with Crippen molar-refractivity contribution >= 4 is 11.8 Å². The highest BCUT2D eigenvalue weighted by Gasteiger charge is 2.25. The molecule has 1 heterocycles. The first-order chi connectivity index (χ1) is 8.66. The number of carbonyl (C=O) groups is 2. The third-order valence-electron chi connectivity index (χ3n) is 3.57. The maximum atomic E-state index is 11.8. The van der Waals surface area contributed by atoms with Crippen molar-refractivity contribution < 1.29 is 9.59 Å². The Morgan fingerprint density at radius 2 is 1.94 bits per heavy atom. The summed E-state index contributed by atoms with van der Waals surface area (Å²) in [5, 5.41) is 6.06. The summed E-state index contributed by atoms with van der Waals surface area (Å²) in [4.78, 5) is 25.3. The Kier molecular flexibility index (Phi) is 4.58. The minimum absolute atomic E-state index is 0.0473. The van der Waals surface area contributed by atoms with Gasteiger partial charge in [0.15, 0.2) is 0 Å². The first kappa shape index (κ1) is 13.3. The van der Waals surface area contributed by atoms with Crippen LogP contribution in [0.3, 0.4) is 0 Å². The largest absolute Gasteiger partial charge is 0.352 e. The first-order valence-electron chi connectivity index (χ1n) is 6.98. The van der Waals surface area contributed by atoms with Gasteiger partial charge in [-0.2, -0.15) is 0 Å². The second-order valence-electron chi connectivity index (χ2n) is 5.30. The van der Waals surface area contributed by atoms with E-state index in [0.717, 1.165) is 38.8 Å². The molecule has 1 saturated heterocycles. The van der Waals surface area contributed by atoms with Gasteiger partial charge in [-0.3, -0.25) is 9.59 Å². The van der Waals surface area contributed by atoms with E-state index in [0.29, 0.717) is 19.0 Å². The van der Waals surface area contributed by atoms with Crippen molar-refractivity contribution in [2.75, 3.05) is 19.6 Å². The minimum atomic E-state index is -0.211. The molecule has 18 heavy (non-hydrogen) atoms. The smallest absolute Gasteiger partial charge is 0.237 e. The highest BCUT2D eigenvalue weighted by Crippen LogP contribution is 2.18. The number of amides is 2. The van der Waals surface area contributed by atoms with Crippen LogP contribution in [0.2, 0.25) is 0 Å². The molecule has 2 fully saturated rings. The van der Waals surface area contributed by atoms with Gasteiger partial charge < -0.3 is 15.5 Å². The van der Waals surface area contributed by atoms with Crippen LogP contribution in [0.15, 0.2) is 0 Å². The lowest BCUT2D eigenvalue weighted by molar-refractivity contribution is -0.130. The molecule has 2 aliphatic rings. The SMILES string of the molecule is CC(NCCC(=O)N1CCCC1)C(=O)NC1CC1. The highest BCUT2D eigenvalue weighted by molar-refractivity contribution is 5.82. The summed E-state index contributed by atoms with van der Waals surface area (Å²) in [6.45, 7) is 4.22. The molecule has 1 aliphatic heterocycles. The molecule has 0 aromatic heterocycles. The highest BCUT2D eigenvalue weighted by atomic mass is 16.2. The van der Waals surface area contributed by atoms with Gasteiger partial charge in [0.1, 0.15) is 0 Å². The molecule has 0 bridgehead atoms. The molecular weight excluding hydrogens is 230 g/mol. The van der Waals surface area contributed by atoms with Crippen LogP contribution in [0, 0.1) is 0 Å². The molecule has 0 aromatic carbocycles. The number of nitrogens with one attached hydrogen (secondary N) is 2. The van der Waals surface area contributed by atoms with Gasteiger partial charge in [0.05, 0.1) is 6.04 Å². The van der Waals surface area contributed by atoms with Crippen molar-refractivity contribution in [2.24, 2.45) is 0 Å². The maximum Gasteiger partial charge on any atom is 0.237 e. The van der Waals surface area contributed by atoms with Gasteiger partial charge in [0.25, 0.3) is 0 Å². The van der Waals surface area contributed by atoms with E-state index in [-0.39, 0.29) is 17.9 Å². The molecular formula is C13H23N3O2. The van der Waals surface area contributed by atoms with E-state index in [9.17, 15) is 9.59 Å². The van der Waals surface area contributed by atoms with Gasteiger partial charge in [0.2, 0.25) is 11.8 Å². The Hall–Kier alpha value is -1.10. The van der Waals surface area contributed by atoms with Crippen molar-refractivity contribution in [2.45, 2.75) is 51.1 Å². The summed E-state index contributed by atoms with van der Waals surface area (Å²) in [6, 6.07) is 0.185. The Balaban J connectivity index is 1.58. The monoisotopic (exact) mass is 253 g/mol. The van der Waals surface area contributed by atoms with Gasteiger partial charge in [0, 0.05) is 32.1 Å². The van der Waals surface area contributed by atoms with Crippen LogP contribution >= 0.6 is 0 Å². The molecule has 0 spiro atoms. The van der Waals surface area contributed by atoms with Crippen molar-refractivity contribution in [1.29, 1.82) is 0 Å². The first-order valence-corrected chi connectivity index (χ1v) is 6.98. The molecule has 2 rings (SSSR count). The molecule has 2 amide bonds.